The molecule has 124 valence electrons. The lowest BCUT2D eigenvalue weighted by Gasteiger charge is -2.04. The van der Waals surface area contributed by atoms with Crippen LogP contribution in [0.15, 0.2) is 6.20 Å². The number of aromatic nitrogens is 3. The highest BCUT2D eigenvalue weighted by atomic mass is 19.2. The lowest BCUT2D eigenvalue weighted by Crippen LogP contribution is -2.26. The lowest BCUT2D eigenvalue weighted by molar-refractivity contribution is -0.122. The minimum Gasteiger partial charge on any atom is -0.353 e. The number of carbonyl (C=O) groups is 2. The first-order chi connectivity index (χ1) is 10.6. The second-order valence-corrected chi connectivity index (χ2v) is 4.45. The normalized spacial score (nSPS) is 12.0. The summed E-state index contributed by atoms with van der Waals surface area (Å²) in [5.74, 6) is -0.622. The Morgan fingerprint density at radius 3 is 2.55 bits per heavy atom. The van der Waals surface area contributed by atoms with E-state index in [-0.39, 0.29) is 37.7 Å². The lowest BCUT2D eigenvalue weighted by atomic mass is 10.2. The summed E-state index contributed by atoms with van der Waals surface area (Å²) in [7, 11) is 0. The fourth-order valence-electron chi connectivity index (χ4n) is 1.56. The van der Waals surface area contributed by atoms with Crippen molar-refractivity contribution in [1.82, 2.24) is 25.6 Å². The zero-order valence-electron chi connectivity index (χ0n) is 11.9. The molecule has 22 heavy (non-hydrogen) atoms. The molecule has 10 heteroatoms. The molecule has 0 fully saturated rings. The number of alkyl halides is 3. The highest BCUT2D eigenvalue weighted by Gasteiger charge is 2.11. The molecule has 1 unspecified atom stereocenters. The van der Waals surface area contributed by atoms with Crippen LogP contribution in [-0.2, 0) is 16.1 Å². The maximum absolute atomic E-state index is 12.9. The van der Waals surface area contributed by atoms with Gasteiger partial charge in [0.25, 0.3) is 0 Å². The summed E-state index contributed by atoms with van der Waals surface area (Å²) in [6.07, 6.45) is -0.114. The van der Waals surface area contributed by atoms with Crippen LogP contribution in [0.1, 0.15) is 31.3 Å². The predicted molar refractivity (Wildman–Crippen MR) is 70.8 cm³/mol. The van der Waals surface area contributed by atoms with Crippen molar-refractivity contribution in [3.63, 3.8) is 0 Å². The van der Waals surface area contributed by atoms with Crippen LogP contribution in [0.5, 0.6) is 0 Å². The molecule has 1 aromatic rings. The van der Waals surface area contributed by atoms with Crippen molar-refractivity contribution >= 4 is 11.8 Å². The zero-order chi connectivity index (χ0) is 16.4. The molecule has 0 spiro atoms. The number of halogens is 3. The van der Waals surface area contributed by atoms with E-state index >= 15 is 0 Å². The fourth-order valence-corrected chi connectivity index (χ4v) is 1.56. The summed E-state index contributed by atoms with van der Waals surface area (Å²) in [4.78, 5) is 22.7. The average Bonchev–Trinajstić information content (AvgIpc) is 2.99. The van der Waals surface area contributed by atoms with Gasteiger partial charge in [-0.2, -0.15) is 0 Å². The van der Waals surface area contributed by atoms with Crippen LogP contribution in [0.25, 0.3) is 0 Å². The summed E-state index contributed by atoms with van der Waals surface area (Å²) >= 11 is 0. The van der Waals surface area contributed by atoms with E-state index in [1.165, 1.54) is 6.20 Å². The number of hydrogen-bond donors (Lipinski definition) is 2. The van der Waals surface area contributed by atoms with Crippen molar-refractivity contribution in [2.24, 2.45) is 0 Å². The number of amides is 2. The maximum Gasteiger partial charge on any atom is 0.221 e. The number of hydrogen-bond acceptors (Lipinski definition) is 4. The van der Waals surface area contributed by atoms with Gasteiger partial charge in [-0.15, -0.1) is 5.10 Å². The van der Waals surface area contributed by atoms with Gasteiger partial charge >= 0.3 is 0 Å². The van der Waals surface area contributed by atoms with Crippen LogP contribution in [0.4, 0.5) is 13.2 Å². The molecule has 0 aliphatic rings. The quantitative estimate of drug-likeness (QED) is 0.660. The van der Waals surface area contributed by atoms with Gasteiger partial charge in [-0.3, -0.25) is 9.59 Å². The molecule has 0 saturated heterocycles. The molecule has 1 heterocycles. The first-order valence-corrected chi connectivity index (χ1v) is 6.77. The van der Waals surface area contributed by atoms with Gasteiger partial charge in [0.15, 0.2) is 0 Å². The Labute approximate surface area is 125 Å². The molecule has 0 radical (unpaired) electrons. The first-order valence-electron chi connectivity index (χ1n) is 6.77. The van der Waals surface area contributed by atoms with Gasteiger partial charge in [-0.1, -0.05) is 5.21 Å². The number of rotatable bonds is 10. The molecule has 1 aromatic heterocycles. The summed E-state index contributed by atoms with van der Waals surface area (Å²) in [6.45, 7) is -1.84. The van der Waals surface area contributed by atoms with Crippen molar-refractivity contribution in [2.75, 3.05) is 19.9 Å². The van der Waals surface area contributed by atoms with E-state index in [2.05, 4.69) is 20.9 Å². The number of nitrogens with one attached hydrogen (secondary N) is 2. The summed E-state index contributed by atoms with van der Waals surface area (Å²) < 4.78 is 37.6. The molecular weight excluding hydrogens is 303 g/mol. The van der Waals surface area contributed by atoms with Gasteiger partial charge in [-0.05, 0) is 6.42 Å². The Kier molecular flexibility index (Phi) is 7.94. The molecule has 0 aliphatic heterocycles. The van der Waals surface area contributed by atoms with Gasteiger partial charge in [0, 0.05) is 19.4 Å². The topological polar surface area (TPSA) is 88.9 Å². The average molecular weight is 321 g/mol. The molecule has 2 N–H and O–H groups in total. The molecule has 1 atom stereocenters. The summed E-state index contributed by atoms with van der Waals surface area (Å²) in [5, 5.41) is 11.9. The van der Waals surface area contributed by atoms with E-state index in [9.17, 15) is 22.8 Å². The molecular formula is C12H18F3N5O2. The molecule has 7 nitrogen and oxygen atoms in total. The summed E-state index contributed by atoms with van der Waals surface area (Å²) in [6, 6.07) is 0. The molecule has 0 saturated carbocycles. The predicted octanol–water partition coefficient (Wildman–Crippen LogP) is 0.588. The van der Waals surface area contributed by atoms with Crippen molar-refractivity contribution in [3.8, 4) is 0 Å². The third kappa shape index (κ3) is 6.55. The third-order valence-corrected chi connectivity index (χ3v) is 2.66. The second-order valence-electron chi connectivity index (χ2n) is 4.45. The highest BCUT2D eigenvalue weighted by Crippen LogP contribution is 2.07. The van der Waals surface area contributed by atoms with Crippen LogP contribution in [0, 0.1) is 0 Å². The van der Waals surface area contributed by atoms with Crippen LogP contribution in [0.3, 0.4) is 0 Å². The Balaban J connectivity index is 2.20. The van der Waals surface area contributed by atoms with E-state index < -0.39 is 19.6 Å². The highest BCUT2D eigenvalue weighted by molar-refractivity contribution is 5.78. The molecule has 2 amide bonds. The van der Waals surface area contributed by atoms with Crippen LogP contribution in [0.2, 0.25) is 0 Å². The Morgan fingerprint density at radius 2 is 1.91 bits per heavy atom. The number of carbonyl (C=O) groups excluding carboxylic acids is 2. The SMILES string of the molecule is O=C(CCCC(=O)NCc1cn(C(F)CF)nn1)NCCF. The first kappa shape index (κ1) is 17.9. The Hall–Kier alpha value is -2.13. The minimum atomic E-state index is -1.89. The van der Waals surface area contributed by atoms with Crippen molar-refractivity contribution in [3.05, 3.63) is 11.9 Å². The maximum atomic E-state index is 12.9. The summed E-state index contributed by atoms with van der Waals surface area (Å²) in [5.41, 5.74) is 0.296. The Bertz CT molecular complexity index is 483. The van der Waals surface area contributed by atoms with Crippen LogP contribution < -0.4 is 10.6 Å². The molecule has 1 rings (SSSR count). The van der Waals surface area contributed by atoms with Crippen molar-refractivity contribution in [1.29, 1.82) is 0 Å². The molecule has 0 aliphatic carbocycles. The second kappa shape index (κ2) is 9.74. The number of nitrogens with zero attached hydrogens (tertiary/aromatic N) is 3. The van der Waals surface area contributed by atoms with E-state index in [0.717, 1.165) is 4.68 Å². The van der Waals surface area contributed by atoms with E-state index in [1.807, 2.05) is 0 Å². The zero-order valence-corrected chi connectivity index (χ0v) is 11.9. The van der Waals surface area contributed by atoms with E-state index in [4.69, 9.17) is 0 Å². The standard InChI is InChI=1S/C12H18F3N5O2/c13-4-5-16-11(21)2-1-3-12(22)17-7-9-8-20(19-18-9)10(15)6-14/h8,10H,1-7H2,(H,16,21)(H,17,22). The van der Waals surface area contributed by atoms with Gasteiger partial charge in [0.1, 0.15) is 19.0 Å². The minimum absolute atomic E-state index is 0.0326. The van der Waals surface area contributed by atoms with Crippen LogP contribution in [-0.4, -0.2) is 46.7 Å². The monoisotopic (exact) mass is 321 g/mol. The largest absolute Gasteiger partial charge is 0.353 e. The van der Waals surface area contributed by atoms with Crippen molar-refractivity contribution < 1.29 is 22.8 Å². The fraction of sp³-hybridized carbons (Fsp3) is 0.667. The van der Waals surface area contributed by atoms with E-state index in [1.54, 1.807) is 0 Å². The third-order valence-electron chi connectivity index (χ3n) is 2.66. The van der Waals surface area contributed by atoms with Crippen LogP contribution >= 0.6 is 0 Å². The van der Waals surface area contributed by atoms with Crippen molar-refractivity contribution in [2.45, 2.75) is 32.1 Å². The Morgan fingerprint density at radius 1 is 1.23 bits per heavy atom. The van der Waals surface area contributed by atoms with Gasteiger partial charge in [-0.25, -0.2) is 17.9 Å². The van der Waals surface area contributed by atoms with Gasteiger partial charge in [0.2, 0.25) is 18.1 Å². The smallest absolute Gasteiger partial charge is 0.221 e. The molecule has 0 aromatic carbocycles. The van der Waals surface area contributed by atoms with Gasteiger partial charge < -0.3 is 10.6 Å². The van der Waals surface area contributed by atoms with E-state index in [0.29, 0.717) is 12.1 Å². The molecule has 0 bridgehead atoms. The van der Waals surface area contributed by atoms with Gasteiger partial charge in [0.05, 0.1) is 12.7 Å².